The SMILES string of the molecule is N#Cc1ccccc1CO/N=C\c1cc(I)c(OCc2ccccc2F)c(I)c1. The number of benzene rings is 3. The van der Waals surface area contributed by atoms with E-state index in [0.29, 0.717) is 16.9 Å². The molecule has 0 aliphatic rings. The largest absolute Gasteiger partial charge is 0.487 e. The van der Waals surface area contributed by atoms with Crippen LogP contribution in [0.15, 0.2) is 65.8 Å². The summed E-state index contributed by atoms with van der Waals surface area (Å²) >= 11 is 4.36. The number of ether oxygens (including phenoxy) is 1. The Kier molecular flexibility index (Phi) is 7.83. The van der Waals surface area contributed by atoms with Crippen LogP contribution in [0.5, 0.6) is 5.75 Å². The van der Waals surface area contributed by atoms with E-state index < -0.39 is 0 Å². The van der Waals surface area contributed by atoms with Gasteiger partial charge in [0.15, 0.2) is 0 Å². The average molecular weight is 612 g/mol. The van der Waals surface area contributed by atoms with E-state index in [2.05, 4.69) is 56.4 Å². The van der Waals surface area contributed by atoms with Crippen LogP contribution in [0.3, 0.4) is 0 Å². The molecule has 3 rings (SSSR count). The van der Waals surface area contributed by atoms with Crippen molar-refractivity contribution in [1.29, 1.82) is 5.26 Å². The number of nitrogens with zero attached hydrogens (tertiary/aromatic N) is 2. The predicted octanol–water partition coefficient (Wildman–Crippen LogP) is 6.04. The van der Waals surface area contributed by atoms with Crippen LogP contribution in [0.2, 0.25) is 0 Å². The molecule has 3 aromatic carbocycles. The third-order valence-electron chi connectivity index (χ3n) is 3.98. The number of halogens is 3. The Morgan fingerprint density at radius 3 is 2.31 bits per heavy atom. The molecule has 0 aliphatic heterocycles. The Morgan fingerprint density at radius 1 is 0.966 bits per heavy atom. The van der Waals surface area contributed by atoms with Crippen molar-refractivity contribution in [3.8, 4) is 11.8 Å². The van der Waals surface area contributed by atoms with Gasteiger partial charge in [-0.25, -0.2) is 4.39 Å². The average Bonchev–Trinajstić information content (AvgIpc) is 2.72. The molecule has 7 heteroatoms. The standard InChI is InChI=1S/C22H15FI2N2O2/c23-19-8-4-3-7-18(19)13-28-22-20(24)9-15(10-21(22)25)12-27-29-14-17-6-2-1-5-16(17)11-26/h1-10,12H,13-14H2/b27-12-. The number of oxime groups is 1. The van der Waals surface area contributed by atoms with Crippen LogP contribution in [-0.4, -0.2) is 6.21 Å². The molecule has 0 unspecified atom stereocenters. The summed E-state index contributed by atoms with van der Waals surface area (Å²) in [6.45, 7) is 0.381. The second kappa shape index (κ2) is 10.5. The quantitative estimate of drug-likeness (QED) is 0.186. The molecular weight excluding hydrogens is 597 g/mol. The van der Waals surface area contributed by atoms with E-state index in [1.807, 2.05) is 30.3 Å². The van der Waals surface area contributed by atoms with E-state index >= 15 is 0 Å². The van der Waals surface area contributed by atoms with E-state index in [1.165, 1.54) is 6.07 Å². The third-order valence-corrected chi connectivity index (χ3v) is 5.59. The van der Waals surface area contributed by atoms with Gasteiger partial charge in [0, 0.05) is 11.1 Å². The van der Waals surface area contributed by atoms with E-state index in [-0.39, 0.29) is 19.0 Å². The summed E-state index contributed by atoms with van der Waals surface area (Å²) in [4.78, 5) is 5.34. The van der Waals surface area contributed by atoms with Gasteiger partial charge < -0.3 is 9.57 Å². The molecule has 0 radical (unpaired) electrons. The highest BCUT2D eigenvalue weighted by molar-refractivity contribution is 14.1. The Bertz CT molecular complexity index is 1060. The van der Waals surface area contributed by atoms with Crippen LogP contribution in [0.1, 0.15) is 22.3 Å². The molecule has 0 N–H and O–H groups in total. The third kappa shape index (κ3) is 5.90. The molecular formula is C22H15FI2N2O2. The lowest BCUT2D eigenvalue weighted by molar-refractivity contribution is 0.132. The Balaban J connectivity index is 1.63. The van der Waals surface area contributed by atoms with E-state index in [9.17, 15) is 4.39 Å². The van der Waals surface area contributed by atoms with Gasteiger partial charge in [-0.3, -0.25) is 0 Å². The Morgan fingerprint density at radius 2 is 1.62 bits per heavy atom. The lowest BCUT2D eigenvalue weighted by atomic mass is 10.1. The molecule has 0 saturated heterocycles. The summed E-state index contributed by atoms with van der Waals surface area (Å²) in [5, 5.41) is 13.1. The minimum atomic E-state index is -0.281. The fraction of sp³-hybridized carbons (Fsp3) is 0.0909. The molecule has 29 heavy (non-hydrogen) atoms. The molecule has 0 bridgehead atoms. The first-order valence-corrected chi connectivity index (χ1v) is 10.7. The molecule has 0 heterocycles. The van der Waals surface area contributed by atoms with Gasteiger partial charge in [-0.1, -0.05) is 41.6 Å². The van der Waals surface area contributed by atoms with Crippen molar-refractivity contribution in [2.75, 3.05) is 0 Å². The van der Waals surface area contributed by atoms with Crippen molar-refractivity contribution in [1.82, 2.24) is 0 Å². The van der Waals surface area contributed by atoms with Gasteiger partial charge in [0.2, 0.25) is 0 Å². The Hall–Kier alpha value is -2.19. The zero-order chi connectivity index (χ0) is 20.6. The predicted molar refractivity (Wildman–Crippen MR) is 126 cm³/mol. The van der Waals surface area contributed by atoms with Crippen LogP contribution >= 0.6 is 45.2 Å². The summed E-state index contributed by atoms with van der Waals surface area (Å²) < 4.78 is 21.4. The summed E-state index contributed by atoms with van der Waals surface area (Å²) in [5.74, 6) is 0.423. The molecule has 4 nitrogen and oxygen atoms in total. The summed E-state index contributed by atoms with van der Waals surface area (Å²) in [6.07, 6.45) is 1.61. The van der Waals surface area contributed by atoms with E-state index in [4.69, 9.17) is 14.8 Å². The van der Waals surface area contributed by atoms with Gasteiger partial charge in [-0.05, 0) is 75.0 Å². The van der Waals surface area contributed by atoms with Gasteiger partial charge >= 0.3 is 0 Å². The van der Waals surface area contributed by atoms with Crippen LogP contribution in [-0.2, 0) is 18.1 Å². The molecule has 0 atom stereocenters. The number of nitriles is 1. The second-order valence-corrected chi connectivity index (χ2v) is 8.30. The minimum absolute atomic E-state index is 0.160. The van der Waals surface area contributed by atoms with E-state index in [0.717, 1.165) is 18.3 Å². The minimum Gasteiger partial charge on any atom is -0.487 e. The smallest absolute Gasteiger partial charge is 0.146 e. The fourth-order valence-electron chi connectivity index (χ4n) is 2.52. The summed E-state index contributed by atoms with van der Waals surface area (Å²) in [7, 11) is 0. The highest BCUT2D eigenvalue weighted by Gasteiger charge is 2.10. The molecule has 0 amide bonds. The fourth-order valence-corrected chi connectivity index (χ4v) is 4.65. The normalized spacial score (nSPS) is 10.7. The maximum atomic E-state index is 13.8. The van der Waals surface area contributed by atoms with Crippen LogP contribution in [0, 0.1) is 24.3 Å². The molecule has 0 aliphatic carbocycles. The highest BCUT2D eigenvalue weighted by Crippen LogP contribution is 2.29. The molecule has 0 aromatic heterocycles. The zero-order valence-electron chi connectivity index (χ0n) is 15.1. The van der Waals surface area contributed by atoms with Crippen LogP contribution < -0.4 is 4.74 Å². The molecule has 0 fully saturated rings. The van der Waals surface area contributed by atoms with Crippen molar-refractivity contribution in [2.24, 2.45) is 5.16 Å². The second-order valence-electron chi connectivity index (χ2n) is 5.97. The van der Waals surface area contributed by atoms with Crippen LogP contribution in [0.25, 0.3) is 0 Å². The lowest BCUT2D eigenvalue weighted by Crippen LogP contribution is -2.02. The lowest BCUT2D eigenvalue weighted by Gasteiger charge is -2.12. The maximum absolute atomic E-state index is 13.8. The first kappa shape index (κ1) is 21.5. The van der Waals surface area contributed by atoms with Crippen molar-refractivity contribution in [3.63, 3.8) is 0 Å². The van der Waals surface area contributed by atoms with Crippen molar-refractivity contribution < 1.29 is 14.0 Å². The van der Waals surface area contributed by atoms with Crippen molar-refractivity contribution in [3.05, 3.63) is 95.9 Å². The molecule has 0 spiro atoms. The number of hydrogen-bond donors (Lipinski definition) is 0. The molecule has 0 saturated carbocycles. The summed E-state index contributed by atoms with van der Waals surface area (Å²) in [5.41, 5.74) is 2.72. The van der Waals surface area contributed by atoms with E-state index in [1.54, 1.807) is 30.5 Å². The van der Waals surface area contributed by atoms with Gasteiger partial charge in [0.25, 0.3) is 0 Å². The monoisotopic (exact) mass is 612 g/mol. The molecule has 146 valence electrons. The van der Waals surface area contributed by atoms with Crippen molar-refractivity contribution in [2.45, 2.75) is 13.2 Å². The van der Waals surface area contributed by atoms with Crippen molar-refractivity contribution >= 4 is 51.4 Å². The molecule has 3 aromatic rings. The van der Waals surface area contributed by atoms with Gasteiger partial charge in [-0.15, -0.1) is 0 Å². The van der Waals surface area contributed by atoms with Gasteiger partial charge in [0.05, 0.1) is 25.0 Å². The van der Waals surface area contributed by atoms with Crippen LogP contribution in [0.4, 0.5) is 4.39 Å². The number of rotatable bonds is 7. The number of hydrogen-bond acceptors (Lipinski definition) is 4. The summed E-state index contributed by atoms with van der Waals surface area (Å²) in [6, 6.07) is 19.8. The highest BCUT2D eigenvalue weighted by atomic mass is 127. The topological polar surface area (TPSA) is 54.6 Å². The maximum Gasteiger partial charge on any atom is 0.146 e. The first-order valence-electron chi connectivity index (χ1n) is 8.57. The first-order chi connectivity index (χ1) is 14.1. The van der Waals surface area contributed by atoms with Gasteiger partial charge in [-0.2, -0.15) is 5.26 Å². The Labute approximate surface area is 195 Å². The zero-order valence-corrected chi connectivity index (χ0v) is 19.4. The van der Waals surface area contributed by atoms with Gasteiger partial charge in [0.1, 0.15) is 24.8 Å².